The fraction of sp³-hybridized carbons (Fsp3) is 0.500. The molecule has 2 N–H and O–H groups in total. The summed E-state index contributed by atoms with van der Waals surface area (Å²) < 4.78 is 10.4. The van der Waals surface area contributed by atoms with Gasteiger partial charge in [-0.3, -0.25) is 4.79 Å². The lowest BCUT2D eigenvalue weighted by Crippen LogP contribution is -2.24. The Kier molecular flexibility index (Phi) is 5.63. The Morgan fingerprint density at radius 2 is 1.84 bits per heavy atom. The summed E-state index contributed by atoms with van der Waals surface area (Å²) in [6, 6.07) is 6.46. The standard InChI is InChI=1S/C14H21NO4/c1-14(2,3)19-9-8-18-13(17)10-15-11-4-6-12(16)7-5-11/h4-7,15-16H,8-10H2,1-3H3. The molecule has 0 amide bonds. The average Bonchev–Trinajstić information content (AvgIpc) is 2.33. The van der Waals surface area contributed by atoms with E-state index in [1.807, 2.05) is 20.8 Å². The molecule has 0 aliphatic rings. The molecule has 5 nitrogen and oxygen atoms in total. The van der Waals surface area contributed by atoms with Crippen molar-refractivity contribution in [2.75, 3.05) is 25.1 Å². The largest absolute Gasteiger partial charge is 0.508 e. The first-order chi connectivity index (χ1) is 8.87. The van der Waals surface area contributed by atoms with E-state index in [4.69, 9.17) is 14.6 Å². The number of carbonyl (C=O) groups is 1. The van der Waals surface area contributed by atoms with Crippen molar-refractivity contribution in [3.63, 3.8) is 0 Å². The van der Waals surface area contributed by atoms with Gasteiger partial charge in [-0.05, 0) is 45.0 Å². The summed E-state index contributed by atoms with van der Waals surface area (Å²) >= 11 is 0. The number of rotatable bonds is 6. The Hall–Kier alpha value is -1.75. The van der Waals surface area contributed by atoms with E-state index in [0.717, 1.165) is 5.69 Å². The minimum Gasteiger partial charge on any atom is -0.508 e. The van der Waals surface area contributed by atoms with Gasteiger partial charge >= 0.3 is 5.97 Å². The highest BCUT2D eigenvalue weighted by Gasteiger charge is 2.10. The van der Waals surface area contributed by atoms with Gasteiger partial charge in [0.25, 0.3) is 0 Å². The normalized spacial score (nSPS) is 11.1. The molecule has 106 valence electrons. The number of hydrogen-bond donors (Lipinski definition) is 2. The third-order valence-corrected chi connectivity index (χ3v) is 2.19. The van der Waals surface area contributed by atoms with Crippen LogP contribution in [-0.2, 0) is 14.3 Å². The van der Waals surface area contributed by atoms with Crippen LogP contribution in [0.4, 0.5) is 5.69 Å². The van der Waals surface area contributed by atoms with Crippen LogP contribution >= 0.6 is 0 Å². The number of carbonyl (C=O) groups excluding carboxylic acids is 1. The smallest absolute Gasteiger partial charge is 0.325 e. The highest BCUT2D eigenvalue weighted by molar-refractivity contribution is 5.75. The maximum atomic E-state index is 11.4. The second-order valence-electron chi connectivity index (χ2n) is 5.08. The number of hydrogen-bond acceptors (Lipinski definition) is 5. The van der Waals surface area contributed by atoms with Crippen molar-refractivity contribution in [1.82, 2.24) is 0 Å². The summed E-state index contributed by atoms with van der Waals surface area (Å²) in [7, 11) is 0. The van der Waals surface area contributed by atoms with Crippen LogP contribution in [0.1, 0.15) is 20.8 Å². The van der Waals surface area contributed by atoms with E-state index >= 15 is 0 Å². The summed E-state index contributed by atoms with van der Waals surface area (Å²) in [5, 5.41) is 12.0. The Labute approximate surface area is 113 Å². The topological polar surface area (TPSA) is 67.8 Å². The van der Waals surface area contributed by atoms with E-state index in [9.17, 15) is 4.79 Å². The van der Waals surface area contributed by atoms with Crippen LogP contribution < -0.4 is 5.32 Å². The average molecular weight is 267 g/mol. The van der Waals surface area contributed by atoms with Crippen molar-refractivity contribution >= 4 is 11.7 Å². The Morgan fingerprint density at radius 3 is 2.42 bits per heavy atom. The monoisotopic (exact) mass is 267 g/mol. The summed E-state index contributed by atoms with van der Waals surface area (Å²) in [5.74, 6) is -0.155. The van der Waals surface area contributed by atoms with Crippen LogP contribution in [-0.4, -0.2) is 36.4 Å². The summed E-state index contributed by atoms with van der Waals surface area (Å²) in [6.07, 6.45) is 0. The van der Waals surface area contributed by atoms with Crippen molar-refractivity contribution < 1.29 is 19.4 Å². The highest BCUT2D eigenvalue weighted by Crippen LogP contribution is 2.13. The van der Waals surface area contributed by atoms with Gasteiger partial charge in [0.2, 0.25) is 0 Å². The molecule has 0 atom stereocenters. The van der Waals surface area contributed by atoms with Crippen LogP contribution in [0.5, 0.6) is 5.75 Å². The number of aromatic hydroxyl groups is 1. The molecular formula is C14H21NO4. The van der Waals surface area contributed by atoms with E-state index < -0.39 is 0 Å². The molecule has 0 fully saturated rings. The molecular weight excluding hydrogens is 246 g/mol. The number of esters is 1. The third-order valence-electron chi connectivity index (χ3n) is 2.19. The SMILES string of the molecule is CC(C)(C)OCCOC(=O)CNc1ccc(O)cc1. The van der Waals surface area contributed by atoms with Crippen molar-refractivity contribution in [3.8, 4) is 5.75 Å². The molecule has 19 heavy (non-hydrogen) atoms. The Bertz CT molecular complexity index is 395. The lowest BCUT2D eigenvalue weighted by Gasteiger charge is -2.19. The molecule has 0 spiro atoms. The maximum Gasteiger partial charge on any atom is 0.325 e. The minimum absolute atomic E-state index is 0.0836. The first kappa shape index (κ1) is 15.3. The lowest BCUT2D eigenvalue weighted by molar-refractivity contribution is -0.144. The molecule has 0 aliphatic heterocycles. The van der Waals surface area contributed by atoms with E-state index in [1.165, 1.54) is 0 Å². The predicted octanol–water partition coefficient (Wildman–Crippen LogP) is 2.16. The van der Waals surface area contributed by atoms with Crippen LogP contribution in [0.25, 0.3) is 0 Å². The number of phenols is 1. The number of ether oxygens (including phenoxy) is 2. The second-order valence-corrected chi connectivity index (χ2v) is 5.08. The van der Waals surface area contributed by atoms with Crippen molar-refractivity contribution in [2.45, 2.75) is 26.4 Å². The molecule has 0 bridgehead atoms. The van der Waals surface area contributed by atoms with Crippen molar-refractivity contribution in [3.05, 3.63) is 24.3 Å². The second kappa shape index (κ2) is 6.99. The van der Waals surface area contributed by atoms with Crippen LogP contribution in [0.3, 0.4) is 0 Å². The molecule has 0 saturated carbocycles. The quantitative estimate of drug-likeness (QED) is 0.469. The van der Waals surface area contributed by atoms with Gasteiger partial charge in [-0.15, -0.1) is 0 Å². The number of benzene rings is 1. The maximum absolute atomic E-state index is 11.4. The van der Waals surface area contributed by atoms with Gasteiger partial charge in [0, 0.05) is 5.69 Å². The van der Waals surface area contributed by atoms with Gasteiger partial charge in [-0.2, -0.15) is 0 Å². The van der Waals surface area contributed by atoms with Gasteiger partial charge in [-0.25, -0.2) is 0 Å². The molecule has 1 aromatic rings. The van der Waals surface area contributed by atoms with Gasteiger partial charge in [0.15, 0.2) is 0 Å². The molecule has 1 aromatic carbocycles. The van der Waals surface area contributed by atoms with E-state index in [1.54, 1.807) is 24.3 Å². The molecule has 0 radical (unpaired) electrons. The minimum atomic E-state index is -0.342. The van der Waals surface area contributed by atoms with Crippen LogP contribution in [0, 0.1) is 0 Å². The first-order valence-electron chi connectivity index (χ1n) is 6.19. The lowest BCUT2D eigenvalue weighted by atomic mass is 10.2. The van der Waals surface area contributed by atoms with Gasteiger partial charge < -0.3 is 19.9 Å². The highest BCUT2D eigenvalue weighted by atomic mass is 16.6. The molecule has 0 aliphatic carbocycles. The van der Waals surface area contributed by atoms with Crippen molar-refractivity contribution in [2.24, 2.45) is 0 Å². The number of phenolic OH excluding ortho intramolecular Hbond substituents is 1. The van der Waals surface area contributed by atoms with Gasteiger partial charge in [0.05, 0.1) is 12.2 Å². The number of nitrogens with one attached hydrogen (secondary N) is 1. The van der Waals surface area contributed by atoms with E-state index in [-0.39, 0.29) is 30.5 Å². The van der Waals surface area contributed by atoms with Gasteiger partial charge in [0.1, 0.15) is 18.9 Å². The molecule has 1 rings (SSSR count). The zero-order valence-electron chi connectivity index (χ0n) is 11.6. The summed E-state index contributed by atoms with van der Waals surface area (Å²) in [4.78, 5) is 11.4. The predicted molar refractivity (Wildman–Crippen MR) is 73.3 cm³/mol. The molecule has 5 heteroatoms. The molecule has 0 aromatic heterocycles. The number of anilines is 1. The fourth-order valence-electron chi connectivity index (χ4n) is 1.31. The zero-order valence-corrected chi connectivity index (χ0v) is 11.6. The molecule has 0 unspecified atom stereocenters. The van der Waals surface area contributed by atoms with Gasteiger partial charge in [-0.1, -0.05) is 0 Å². The Balaban J connectivity index is 2.16. The van der Waals surface area contributed by atoms with E-state index in [0.29, 0.717) is 6.61 Å². The summed E-state index contributed by atoms with van der Waals surface area (Å²) in [5.41, 5.74) is 0.525. The van der Waals surface area contributed by atoms with Crippen molar-refractivity contribution in [1.29, 1.82) is 0 Å². The fourth-order valence-corrected chi connectivity index (χ4v) is 1.31. The Morgan fingerprint density at radius 1 is 1.21 bits per heavy atom. The first-order valence-corrected chi connectivity index (χ1v) is 6.19. The third kappa shape index (κ3) is 7.31. The van der Waals surface area contributed by atoms with Crippen LogP contribution in [0.2, 0.25) is 0 Å². The summed E-state index contributed by atoms with van der Waals surface area (Å²) in [6.45, 7) is 6.55. The van der Waals surface area contributed by atoms with Crippen LogP contribution in [0.15, 0.2) is 24.3 Å². The zero-order chi connectivity index (χ0) is 14.3. The molecule has 0 heterocycles. The van der Waals surface area contributed by atoms with E-state index in [2.05, 4.69) is 5.32 Å². The molecule has 0 saturated heterocycles.